The Morgan fingerprint density at radius 3 is 2.57 bits per heavy atom. The van der Waals surface area contributed by atoms with Gasteiger partial charge in [-0.25, -0.2) is 0 Å². The van der Waals surface area contributed by atoms with Gasteiger partial charge in [0.2, 0.25) is 0 Å². The van der Waals surface area contributed by atoms with Crippen molar-refractivity contribution in [2.45, 2.75) is 26.4 Å². The van der Waals surface area contributed by atoms with Crippen LogP contribution in [0.4, 0.5) is 0 Å². The summed E-state index contributed by atoms with van der Waals surface area (Å²) < 4.78 is 0.905. The van der Waals surface area contributed by atoms with Crippen LogP contribution in [-0.2, 0) is 0 Å². The highest BCUT2D eigenvalue weighted by Gasteiger charge is 2.15. The van der Waals surface area contributed by atoms with Gasteiger partial charge >= 0.3 is 0 Å². The summed E-state index contributed by atoms with van der Waals surface area (Å²) in [5.41, 5.74) is 0.874. The fourth-order valence-corrected chi connectivity index (χ4v) is 2.18. The number of benzene rings is 1. The zero-order valence-electron chi connectivity index (χ0n) is 8.30. The average Bonchev–Trinajstić information content (AvgIpc) is 2.14. The first-order chi connectivity index (χ1) is 6.54. The molecule has 1 N–H and O–H groups in total. The van der Waals surface area contributed by atoms with Gasteiger partial charge in [0.05, 0.1) is 6.10 Å². The molecule has 0 bridgehead atoms. The minimum Gasteiger partial charge on any atom is -0.388 e. The molecule has 3 heteroatoms. The molecule has 0 aliphatic carbocycles. The molecule has 14 heavy (non-hydrogen) atoms. The van der Waals surface area contributed by atoms with Crippen LogP contribution in [0.1, 0.15) is 31.9 Å². The van der Waals surface area contributed by atoms with Gasteiger partial charge in [-0.3, -0.25) is 0 Å². The number of aliphatic hydroxyl groups is 1. The van der Waals surface area contributed by atoms with E-state index in [0.717, 1.165) is 16.5 Å². The lowest BCUT2D eigenvalue weighted by molar-refractivity contribution is 0.115. The quantitative estimate of drug-likeness (QED) is 0.878. The molecular weight excluding hydrogens is 263 g/mol. The van der Waals surface area contributed by atoms with Crippen LogP contribution in [0.2, 0.25) is 5.02 Å². The minimum atomic E-state index is -0.435. The topological polar surface area (TPSA) is 20.2 Å². The molecule has 1 nitrogen and oxygen atoms in total. The first kappa shape index (κ1) is 12.0. The van der Waals surface area contributed by atoms with E-state index in [1.807, 2.05) is 25.1 Å². The molecule has 1 aromatic rings. The van der Waals surface area contributed by atoms with Gasteiger partial charge in [0.15, 0.2) is 0 Å². The highest BCUT2D eigenvalue weighted by molar-refractivity contribution is 9.10. The molecule has 0 amide bonds. The molecule has 0 aliphatic heterocycles. The lowest BCUT2D eigenvalue weighted by Gasteiger charge is -2.17. The van der Waals surface area contributed by atoms with E-state index in [0.29, 0.717) is 5.02 Å². The fourth-order valence-electron chi connectivity index (χ4n) is 1.30. The van der Waals surface area contributed by atoms with Gasteiger partial charge in [0.1, 0.15) is 0 Å². The van der Waals surface area contributed by atoms with Crippen molar-refractivity contribution >= 4 is 27.5 Å². The summed E-state index contributed by atoms with van der Waals surface area (Å²) in [6, 6.07) is 5.53. The lowest BCUT2D eigenvalue weighted by Crippen LogP contribution is -2.07. The van der Waals surface area contributed by atoms with Gasteiger partial charge in [-0.15, -0.1) is 0 Å². The molecule has 78 valence electrons. The fraction of sp³-hybridized carbons (Fsp3) is 0.455. The average molecular weight is 278 g/mol. The zero-order chi connectivity index (χ0) is 10.7. The van der Waals surface area contributed by atoms with Crippen molar-refractivity contribution in [2.24, 2.45) is 5.92 Å². The smallest absolute Gasteiger partial charge is 0.0816 e. The third-order valence-electron chi connectivity index (χ3n) is 2.41. The maximum Gasteiger partial charge on any atom is 0.0816 e. The molecule has 0 aromatic heterocycles. The molecule has 2 atom stereocenters. The molecule has 0 saturated heterocycles. The van der Waals surface area contributed by atoms with Crippen LogP contribution in [-0.4, -0.2) is 5.11 Å². The monoisotopic (exact) mass is 276 g/mol. The van der Waals surface area contributed by atoms with Gasteiger partial charge in [0.25, 0.3) is 0 Å². The molecule has 0 spiro atoms. The molecule has 2 unspecified atom stereocenters. The number of hydrogen-bond donors (Lipinski definition) is 1. The third-order valence-corrected chi connectivity index (χ3v) is 3.09. The van der Waals surface area contributed by atoms with Gasteiger partial charge < -0.3 is 5.11 Å². The summed E-state index contributed by atoms with van der Waals surface area (Å²) in [6.45, 7) is 4.09. The predicted octanol–water partition coefficient (Wildman–Crippen LogP) is 4.18. The number of halogens is 2. The second kappa shape index (κ2) is 5.15. The number of rotatable bonds is 3. The Labute approximate surface area is 98.2 Å². The highest BCUT2D eigenvalue weighted by atomic mass is 79.9. The van der Waals surface area contributed by atoms with Crippen molar-refractivity contribution in [1.82, 2.24) is 0 Å². The second-order valence-electron chi connectivity index (χ2n) is 3.53. The first-order valence-corrected chi connectivity index (χ1v) is 5.85. The summed E-state index contributed by atoms with van der Waals surface area (Å²) in [5, 5.41) is 10.6. The maximum atomic E-state index is 9.96. The van der Waals surface area contributed by atoms with Crippen molar-refractivity contribution in [1.29, 1.82) is 0 Å². The van der Waals surface area contributed by atoms with E-state index in [2.05, 4.69) is 22.9 Å². The minimum absolute atomic E-state index is 0.250. The summed E-state index contributed by atoms with van der Waals surface area (Å²) in [6.07, 6.45) is 0.515. The Morgan fingerprint density at radius 1 is 1.43 bits per heavy atom. The first-order valence-electron chi connectivity index (χ1n) is 4.68. The Morgan fingerprint density at radius 2 is 2.07 bits per heavy atom. The molecule has 0 saturated carbocycles. The molecular formula is C11H14BrClO. The Kier molecular flexibility index (Phi) is 4.42. The molecule has 0 fully saturated rings. The second-order valence-corrected chi connectivity index (χ2v) is 4.89. The largest absolute Gasteiger partial charge is 0.388 e. The predicted molar refractivity (Wildman–Crippen MR) is 63.6 cm³/mol. The number of aliphatic hydroxyl groups excluding tert-OH is 1. The van der Waals surface area contributed by atoms with Crippen molar-refractivity contribution in [3.63, 3.8) is 0 Å². The lowest BCUT2D eigenvalue weighted by atomic mass is 9.95. The van der Waals surface area contributed by atoms with E-state index >= 15 is 0 Å². The van der Waals surface area contributed by atoms with E-state index in [-0.39, 0.29) is 5.92 Å². The summed E-state index contributed by atoms with van der Waals surface area (Å²) in [7, 11) is 0. The molecule has 1 aromatic carbocycles. The van der Waals surface area contributed by atoms with Crippen LogP contribution in [0.3, 0.4) is 0 Å². The van der Waals surface area contributed by atoms with Crippen molar-refractivity contribution in [3.05, 3.63) is 33.3 Å². The summed E-state index contributed by atoms with van der Waals surface area (Å²) >= 11 is 9.26. The van der Waals surface area contributed by atoms with E-state index in [4.69, 9.17) is 11.6 Å². The van der Waals surface area contributed by atoms with Gasteiger partial charge in [-0.1, -0.05) is 47.8 Å². The number of hydrogen-bond acceptors (Lipinski definition) is 1. The van der Waals surface area contributed by atoms with Crippen molar-refractivity contribution < 1.29 is 5.11 Å². The van der Waals surface area contributed by atoms with Crippen molar-refractivity contribution in [3.8, 4) is 0 Å². The molecule has 0 heterocycles. The standard InChI is InChI=1S/C11H14BrClO/c1-3-7(2)11(14)8-4-9(12)6-10(13)5-8/h4-7,11,14H,3H2,1-2H3. The zero-order valence-corrected chi connectivity index (χ0v) is 10.6. The SMILES string of the molecule is CCC(C)C(O)c1cc(Cl)cc(Br)c1. The molecule has 0 aliphatic rings. The Hall–Kier alpha value is -0.0500. The van der Waals surface area contributed by atoms with Crippen LogP contribution in [0.5, 0.6) is 0 Å². The van der Waals surface area contributed by atoms with Gasteiger partial charge in [-0.2, -0.15) is 0 Å². The van der Waals surface area contributed by atoms with E-state index < -0.39 is 6.10 Å². The van der Waals surface area contributed by atoms with Gasteiger partial charge in [-0.05, 0) is 29.7 Å². The third kappa shape index (κ3) is 2.97. The summed E-state index contributed by atoms with van der Waals surface area (Å²) in [5.74, 6) is 0.250. The van der Waals surface area contributed by atoms with Crippen LogP contribution in [0.25, 0.3) is 0 Å². The van der Waals surface area contributed by atoms with Crippen LogP contribution in [0.15, 0.2) is 22.7 Å². The Balaban J connectivity index is 2.94. The van der Waals surface area contributed by atoms with E-state index in [9.17, 15) is 5.11 Å². The highest BCUT2D eigenvalue weighted by Crippen LogP contribution is 2.29. The van der Waals surface area contributed by atoms with Crippen molar-refractivity contribution in [2.75, 3.05) is 0 Å². The van der Waals surface area contributed by atoms with Crippen LogP contribution in [0, 0.1) is 5.92 Å². The normalized spacial score (nSPS) is 15.2. The van der Waals surface area contributed by atoms with Crippen LogP contribution < -0.4 is 0 Å². The molecule has 1 rings (SSSR count). The Bertz CT molecular complexity index is 294. The van der Waals surface area contributed by atoms with E-state index in [1.165, 1.54) is 0 Å². The van der Waals surface area contributed by atoms with Crippen LogP contribution >= 0.6 is 27.5 Å². The molecule has 0 radical (unpaired) electrons. The summed E-state index contributed by atoms with van der Waals surface area (Å²) in [4.78, 5) is 0. The maximum absolute atomic E-state index is 9.96. The van der Waals surface area contributed by atoms with E-state index in [1.54, 1.807) is 0 Å². The van der Waals surface area contributed by atoms with Gasteiger partial charge in [0, 0.05) is 9.50 Å².